The molecule has 0 saturated heterocycles. The first-order valence-corrected chi connectivity index (χ1v) is 16.0. The predicted octanol–water partition coefficient (Wildman–Crippen LogP) is 5.55. The standard InChI is InChI=1S/C32H25BrN4O5S2/c1-4-41-29(39)25-26(19-9-6-5-7-10-19)36-32-37(27(25)20-11-8-12-21(15-20)40-3)28(38)24(43-32)17-22-16-23(33)30(42-22)44-31-34-14-13-18(2)35-31/h5-17,27H,4H2,1-3H3/b24-17+/t27-/m1/s1. The number of halogens is 1. The quantitative estimate of drug-likeness (QED) is 0.154. The molecule has 0 radical (unpaired) electrons. The average Bonchev–Trinajstić information content (AvgIpc) is 3.53. The summed E-state index contributed by atoms with van der Waals surface area (Å²) in [5.74, 6) is 0.504. The van der Waals surface area contributed by atoms with Gasteiger partial charge in [-0.3, -0.25) is 9.36 Å². The average molecular weight is 690 g/mol. The van der Waals surface area contributed by atoms with Crippen molar-refractivity contribution in [1.29, 1.82) is 0 Å². The van der Waals surface area contributed by atoms with E-state index in [9.17, 15) is 9.59 Å². The largest absolute Gasteiger partial charge is 0.497 e. The smallest absolute Gasteiger partial charge is 0.338 e. The number of carbonyl (C=O) groups excluding carboxylic acids is 1. The zero-order valence-corrected chi connectivity index (χ0v) is 27.0. The van der Waals surface area contributed by atoms with E-state index in [1.54, 1.807) is 32.4 Å². The van der Waals surface area contributed by atoms with Gasteiger partial charge in [0.05, 0.1) is 40.0 Å². The van der Waals surface area contributed by atoms with Crippen LogP contribution in [0.4, 0.5) is 0 Å². The molecule has 1 atom stereocenters. The minimum atomic E-state index is -0.814. The molecule has 0 N–H and O–H groups in total. The Balaban J connectivity index is 1.54. The molecular weight excluding hydrogens is 664 g/mol. The van der Waals surface area contributed by atoms with E-state index in [4.69, 9.17) is 18.9 Å². The number of ether oxygens (including phenoxy) is 2. The van der Waals surface area contributed by atoms with Gasteiger partial charge in [-0.2, -0.15) is 0 Å². The van der Waals surface area contributed by atoms with Crippen LogP contribution in [-0.2, 0) is 9.53 Å². The molecule has 2 aromatic carbocycles. The van der Waals surface area contributed by atoms with Crippen LogP contribution in [0.3, 0.4) is 0 Å². The number of thiazole rings is 1. The van der Waals surface area contributed by atoms with Gasteiger partial charge in [0.15, 0.2) is 15.1 Å². The molecule has 0 fully saturated rings. The van der Waals surface area contributed by atoms with Crippen molar-refractivity contribution in [3.63, 3.8) is 0 Å². The van der Waals surface area contributed by atoms with Crippen LogP contribution < -0.4 is 19.6 Å². The van der Waals surface area contributed by atoms with Crippen molar-refractivity contribution in [2.45, 2.75) is 30.1 Å². The number of hydrogen-bond acceptors (Lipinski definition) is 10. The maximum absolute atomic E-state index is 14.1. The minimum Gasteiger partial charge on any atom is -0.497 e. The number of carbonyl (C=O) groups is 1. The number of rotatable bonds is 8. The maximum Gasteiger partial charge on any atom is 0.338 e. The second kappa shape index (κ2) is 12.8. The Hall–Kier alpha value is -4.26. The second-order valence-corrected chi connectivity index (χ2v) is 12.4. The summed E-state index contributed by atoms with van der Waals surface area (Å²) in [5.41, 5.74) is 2.65. The fourth-order valence-electron chi connectivity index (χ4n) is 4.76. The fraction of sp³-hybridized carbons (Fsp3) is 0.156. The molecule has 0 saturated carbocycles. The monoisotopic (exact) mass is 688 g/mol. The van der Waals surface area contributed by atoms with Crippen LogP contribution in [0.2, 0.25) is 0 Å². The Morgan fingerprint density at radius 3 is 2.73 bits per heavy atom. The molecule has 6 rings (SSSR count). The molecule has 44 heavy (non-hydrogen) atoms. The summed E-state index contributed by atoms with van der Waals surface area (Å²) in [6, 6.07) is 19.5. The molecule has 0 spiro atoms. The topological polar surface area (TPSA) is 109 Å². The van der Waals surface area contributed by atoms with Crippen molar-refractivity contribution < 1.29 is 18.7 Å². The van der Waals surface area contributed by atoms with E-state index in [1.807, 2.05) is 67.6 Å². The van der Waals surface area contributed by atoms with E-state index < -0.39 is 12.0 Å². The molecule has 9 nitrogen and oxygen atoms in total. The van der Waals surface area contributed by atoms with Crippen LogP contribution in [0.5, 0.6) is 5.75 Å². The van der Waals surface area contributed by atoms with E-state index in [-0.39, 0.29) is 17.7 Å². The lowest BCUT2D eigenvalue weighted by atomic mass is 9.93. The third-order valence-corrected chi connectivity index (χ3v) is 9.39. The summed E-state index contributed by atoms with van der Waals surface area (Å²) in [7, 11) is 1.57. The number of hydrogen-bond donors (Lipinski definition) is 0. The predicted molar refractivity (Wildman–Crippen MR) is 171 cm³/mol. The Morgan fingerprint density at radius 2 is 1.98 bits per heavy atom. The summed E-state index contributed by atoms with van der Waals surface area (Å²) < 4.78 is 19.7. The van der Waals surface area contributed by atoms with Crippen LogP contribution in [-0.4, -0.2) is 34.2 Å². The van der Waals surface area contributed by atoms with E-state index in [0.29, 0.717) is 46.8 Å². The fourth-order valence-corrected chi connectivity index (χ4v) is 7.06. The van der Waals surface area contributed by atoms with E-state index in [1.165, 1.54) is 27.7 Å². The van der Waals surface area contributed by atoms with Gasteiger partial charge in [0.1, 0.15) is 11.5 Å². The summed E-state index contributed by atoms with van der Waals surface area (Å²) in [6.45, 7) is 3.81. The van der Waals surface area contributed by atoms with Gasteiger partial charge in [-0.05, 0) is 71.4 Å². The van der Waals surface area contributed by atoms with Crippen LogP contribution in [0, 0.1) is 6.92 Å². The van der Waals surface area contributed by atoms with Crippen molar-refractivity contribution in [1.82, 2.24) is 14.5 Å². The first-order chi connectivity index (χ1) is 21.4. The Bertz CT molecular complexity index is 2090. The molecule has 3 aromatic heterocycles. The van der Waals surface area contributed by atoms with Crippen molar-refractivity contribution in [2.24, 2.45) is 4.99 Å². The zero-order valence-electron chi connectivity index (χ0n) is 23.8. The van der Waals surface area contributed by atoms with E-state index >= 15 is 0 Å². The molecule has 5 aromatic rings. The molecule has 1 aliphatic heterocycles. The third kappa shape index (κ3) is 5.92. The number of furan rings is 1. The Kier molecular flexibility index (Phi) is 8.65. The van der Waals surface area contributed by atoms with Crippen molar-refractivity contribution in [2.75, 3.05) is 13.7 Å². The van der Waals surface area contributed by atoms with Crippen LogP contribution >= 0.6 is 39.0 Å². The van der Waals surface area contributed by atoms with Gasteiger partial charge in [0.2, 0.25) is 0 Å². The van der Waals surface area contributed by atoms with E-state index in [2.05, 4.69) is 25.9 Å². The maximum atomic E-state index is 14.1. The van der Waals surface area contributed by atoms with Crippen LogP contribution in [0.25, 0.3) is 11.8 Å². The summed E-state index contributed by atoms with van der Waals surface area (Å²) in [4.78, 5) is 41.8. The highest BCUT2D eigenvalue weighted by Crippen LogP contribution is 2.37. The number of aryl methyl sites for hydroxylation is 1. The van der Waals surface area contributed by atoms with Crippen molar-refractivity contribution >= 4 is 56.8 Å². The highest BCUT2D eigenvalue weighted by atomic mass is 79.9. The van der Waals surface area contributed by atoms with Gasteiger partial charge in [-0.1, -0.05) is 53.8 Å². The van der Waals surface area contributed by atoms with Gasteiger partial charge >= 0.3 is 5.97 Å². The molecule has 1 aliphatic rings. The third-order valence-electron chi connectivity index (χ3n) is 6.69. The van der Waals surface area contributed by atoms with Crippen molar-refractivity contribution in [3.05, 3.63) is 125 Å². The first kappa shape index (κ1) is 29.8. The molecule has 0 bridgehead atoms. The number of nitrogens with zero attached hydrogens (tertiary/aromatic N) is 4. The Labute approximate surface area is 268 Å². The zero-order chi connectivity index (χ0) is 30.8. The lowest BCUT2D eigenvalue weighted by molar-refractivity contribution is -0.138. The number of benzene rings is 2. The normalized spacial score (nSPS) is 14.7. The van der Waals surface area contributed by atoms with E-state index in [0.717, 1.165) is 11.3 Å². The lowest BCUT2D eigenvalue weighted by Gasteiger charge is -2.26. The molecule has 222 valence electrons. The SMILES string of the molecule is CCOC(=O)C1=C(c2ccccc2)N=c2s/c(=C/c3cc(Br)c(Sc4nccc(C)n4)o3)c(=O)n2[C@@H]1c1cccc(OC)c1. The first-order valence-electron chi connectivity index (χ1n) is 13.6. The second-order valence-electron chi connectivity index (χ2n) is 9.57. The van der Waals surface area contributed by atoms with Gasteiger partial charge in [-0.15, -0.1) is 0 Å². The lowest BCUT2D eigenvalue weighted by Crippen LogP contribution is -2.40. The summed E-state index contributed by atoms with van der Waals surface area (Å²) in [6.07, 6.45) is 3.37. The van der Waals surface area contributed by atoms with Gasteiger partial charge in [0.25, 0.3) is 5.56 Å². The molecule has 0 aliphatic carbocycles. The minimum absolute atomic E-state index is 0.168. The number of methoxy groups -OCH3 is 1. The van der Waals surface area contributed by atoms with Gasteiger partial charge < -0.3 is 13.9 Å². The number of fused-ring (bicyclic) bond motifs is 1. The van der Waals surface area contributed by atoms with Crippen LogP contribution in [0.15, 0.2) is 107 Å². The summed E-state index contributed by atoms with van der Waals surface area (Å²) >= 11 is 6.04. The number of esters is 1. The molecule has 0 unspecified atom stereocenters. The molecule has 4 heterocycles. The van der Waals surface area contributed by atoms with Crippen molar-refractivity contribution in [3.8, 4) is 5.75 Å². The Morgan fingerprint density at radius 1 is 1.16 bits per heavy atom. The van der Waals surface area contributed by atoms with Crippen LogP contribution in [0.1, 0.15) is 35.5 Å². The van der Waals surface area contributed by atoms with Gasteiger partial charge in [-0.25, -0.2) is 19.8 Å². The highest BCUT2D eigenvalue weighted by molar-refractivity contribution is 9.10. The summed E-state index contributed by atoms with van der Waals surface area (Å²) in [5, 5.41) is 1.10. The van der Waals surface area contributed by atoms with Gasteiger partial charge in [0, 0.05) is 23.5 Å². The number of aromatic nitrogens is 3. The highest BCUT2D eigenvalue weighted by Gasteiger charge is 2.35. The molecule has 0 amide bonds. The molecular formula is C32H25BrN4O5S2. The molecule has 12 heteroatoms.